The highest BCUT2D eigenvalue weighted by atomic mass is 16.5. The lowest BCUT2D eigenvalue weighted by Crippen LogP contribution is -2.31. The van der Waals surface area contributed by atoms with Gasteiger partial charge < -0.3 is 9.64 Å². The fourth-order valence-electron chi connectivity index (χ4n) is 3.07. The monoisotopic (exact) mass is 351 g/mol. The Morgan fingerprint density at radius 3 is 2.31 bits per heavy atom. The van der Waals surface area contributed by atoms with E-state index in [2.05, 4.69) is 0 Å². The van der Waals surface area contributed by atoms with Crippen LogP contribution in [0.15, 0.2) is 60.7 Å². The number of nitrogens with zero attached hydrogens (tertiary/aromatic N) is 1. The SMILES string of the molecule is CC[C@H](OC(=O)[C@H]1CC(=O)N(c2ccccc2)C1)C(=O)c1ccccc1. The van der Waals surface area contributed by atoms with E-state index in [1.54, 1.807) is 36.1 Å². The highest BCUT2D eigenvalue weighted by Crippen LogP contribution is 2.26. The molecule has 1 aliphatic rings. The van der Waals surface area contributed by atoms with E-state index in [1.165, 1.54) is 0 Å². The zero-order chi connectivity index (χ0) is 18.5. The number of esters is 1. The highest BCUT2D eigenvalue weighted by molar-refractivity contribution is 6.02. The number of anilines is 1. The number of carbonyl (C=O) groups excluding carboxylic acids is 3. The number of benzene rings is 2. The number of hydrogen-bond donors (Lipinski definition) is 0. The zero-order valence-corrected chi connectivity index (χ0v) is 14.6. The van der Waals surface area contributed by atoms with Crippen LogP contribution in [-0.2, 0) is 14.3 Å². The van der Waals surface area contributed by atoms with Crippen molar-refractivity contribution in [3.63, 3.8) is 0 Å². The van der Waals surface area contributed by atoms with Gasteiger partial charge in [0.2, 0.25) is 11.7 Å². The molecule has 1 aliphatic heterocycles. The zero-order valence-electron chi connectivity index (χ0n) is 14.6. The number of ketones is 1. The molecule has 0 spiro atoms. The van der Waals surface area contributed by atoms with Crippen molar-refractivity contribution in [1.82, 2.24) is 0 Å². The van der Waals surface area contributed by atoms with Gasteiger partial charge in [0.05, 0.1) is 5.92 Å². The van der Waals surface area contributed by atoms with E-state index in [0.29, 0.717) is 12.0 Å². The number of amides is 1. The van der Waals surface area contributed by atoms with Crippen molar-refractivity contribution >= 4 is 23.3 Å². The Morgan fingerprint density at radius 1 is 1.08 bits per heavy atom. The van der Waals surface area contributed by atoms with Gasteiger partial charge in [-0.2, -0.15) is 0 Å². The largest absolute Gasteiger partial charge is 0.454 e. The molecule has 0 N–H and O–H groups in total. The van der Waals surface area contributed by atoms with Crippen molar-refractivity contribution in [1.29, 1.82) is 0 Å². The third-order valence-corrected chi connectivity index (χ3v) is 4.51. The van der Waals surface area contributed by atoms with Crippen LogP contribution in [0.2, 0.25) is 0 Å². The minimum atomic E-state index is -0.828. The number of hydrogen-bond acceptors (Lipinski definition) is 4. The molecule has 1 saturated heterocycles. The molecule has 0 saturated carbocycles. The predicted octanol–water partition coefficient (Wildman–Crippen LogP) is 3.24. The summed E-state index contributed by atoms with van der Waals surface area (Å²) in [5, 5.41) is 0. The first-order chi connectivity index (χ1) is 12.6. The van der Waals surface area contributed by atoms with Gasteiger partial charge >= 0.3 is 5.97 Å². The van der Waals surface area contributed by atoms with Crippen molar-refractivity contribution in [3.05, 3.63) is 66.2 Å². The van der Waals surface area contributed by atoms with E-state index in [9.17, 15) is 14.4 Å². The summed E-state index contributed by atoms with van der Waals surface area (Å²) >= 11 is 0. The lowest BCUT2D eigenvalue weighted by Gasteiger charge is -2.19. The fraction of sp³-hybridized carbons (Fsp3) is 0.286. The van der Waals surface area contributed by atoms with Gasteiger partial charge in [-0.3, -0.25) is 14.4 Å². The third-order valence-electron chi connectivity index (χ3n) is 4.51. The smallest absolute Gasteiger partial charge is 0.312 e. The Kier molecular flexibility index (Phi) is 5.46. The van der Waals surface area contributed by atoms with Crippen LogP contribution < -0.4 is 4.90 Å². The maximum atomic E-state index is 12.5. The molecule has 5 heteroatoms. The van der Waals surface area contributed by atoms with Gasteiger partial charge in [0, 0.05) is 24.2 Å². The molecule has 134 valence electrons. The van der Waals surface area contributed by atoms with Crippen LogP contribution in [0.5, 0.6) is 0 Å². The van der Waals surface area contributed by atoms with Crippen LogP contribution in [0, 0.1) is 5.92 Å². The van der Waals surface area contributed by atoms with E-state index >= 15 is 0 Å². The average Bonchev–Trinajstić information content (AvgIpc) is 3.08. The lowest BCUT2D eigenvalue weighted by atomic mass is 10.0. The van der Waals surface area contributed by atoms with Crippen molar-refractivity contribution in [2.24, 2.45) is 5.92 Å². The summed E-state index contributed by atoms with van der Waals surface area (Å²) in [7, 11) is 0. The summed E-state index contributed by atoms with van der Waals surface area (Å²) in [5.41, 5.74) is 1.28. The van der Waals surface area contributed by atoms with Gasteiger partial charge in [-0.1, -0.05) is 55.5 Å². The molecule has 26 heavy (non-hydrogen) atoms. The number of para-hydroxylation sites is 1. The quantitative estimate of drug-likeness (QED) is 0.592. The summed E-state index contributed by atoms with van der Waals surface area (Å²) in [6.07, 6.45) is -0.336. The molecule has 1 heterocycles. The molecule has 3 rings (SSSR count). The molecular weight excluding hydrogens is 330 g/mol. The second-order valence-electron chi connectivity index (χ2n) is 6.30. The molecule has 0 bridgehead atoms. The normalized spacial score (nSPS) is 17.8. The standard InChI is InChI=1S/C21H21NO4/c1-2-18(20(24)15-9-5-3-6-10-15)26-21(25)16-13-19(23)22(14-16)17-11-7-4-8-12-17/h3-12,16,18H,2,13-14H2,1H3/t16-,18-/m0/s1. The minimum Gasteiger partial charge on any atom is -0.454 e. The fourth-order valence-corrected chi connectivity index (χ4v) is 3.07. The van der Waals surface area contributed by atoms with E-state index < -0.39 is 18.0 Å². The number of carbonyl (C=O) groups is 3. The maximum Gasteiger partial charge on any atom is 0.312 e. The van der Waals surface area contributed by atoms with Crippen LogP contribution >= 0.6 is 0 Å². The molecule has 0 aromatic heterocycles. The van der Waals surface area contributed by atoms with Gasteiger partial charge in [0.15, 0.2) is 6.10 Å². The van der Waals surface area contributed by atoms with Gasteiger partial charge in [-0.25, -0.2) is 0 Å². The van der Waals surface area contributed by atoms with Crippen molar-refractivity contribution < 1.29 is 19.1 Å². The van der Waals surface area contributed by atoms with Crippen LogP contribution in [0.3, 0.4) is 0 Å². The first-order valence-electron chi connectivity index (χ1n) is 8.75. The Morgan fingerprint density at radius 2 is 1.69 bits per heavy atom. The van der Waals surface area contributed by atoms with Crippen molar-refractivity contribution in [2.45, 2.75) is 25.9 Å². The second kappa shape index (κ2) is 7.95. The Bertz CT molecular complexity index is 788. The molecule has 0 unspecified atom stereocenters. The minimum absolute atomic E-state index is 0.101. The van der Waals surface area contributed by atoms with Crippen LogP contribution in [0.1, 0.15) is 30.1 Å². The summed E-state index contributed by atoms with van der Waals surface area (Å²) in [6.45, 7) is 2.08. The maximum absolute atomic E-state index is 12.5. The number of Topliss-reactive ketones (excluding diaryl/α,β-unsaturated/α-hetero) is 1. The summed E-state index contributed by atoms with van der Waals surface area (Å²) < 4.78 is 5.46. The summed E-state index contributed by atoms with van der Waals surface area (Å²) in [5.74, 6) is -1.38. The summed E-state index contributed by atoms with van der Waals surface area (Å²) in [6, 6.07) is 18.0. The molecule has 1 amide bonds. The van der Waals surface area contributed by atoms with E-state index in [0.717, 1.165) is 5.69 Å². The summed E-state index contributed by atoms with van der Waals surface area (Å²) in [4.78, 5) is 38.9. The molecule has 2 atom stereocenters. The first-order valence-corrected chi connectivity index (χ1v) is 8.75. The second-order valence-corrected chi connectivity index (χ2v) is 6.30. The molecule has 2 aromatic carbocycles. The Labute approximate surface area is 152 Å². The molecule has 1 fully saturated rings. The Balaban J connectivity index is 1.66. The van der Waals surface area contributed by atoms with Gasteiger partial charge in [0.25, 0.3) is 0 Å². The van der Waals surface area contributed by atoms with Crippen molar-refractivity contribution in [3.8, 4) is 0 Å². The highest BCUT2D eigenvalue weighted by Gasteiger charge is 2.37. The number of ether oxygens (including phenoxy) is 1. The van der Waals surface area contributed by atoms with Crippen LogP contribution in [0.4, 0.5) is 5.69 Å². The predicted molar refractivity (Wildman–Crippen MR) is 97.8 cm³/mol. The lowest BCUT2D eigenvalue weighted by molar-refractivity contribution is -0.151. The molecule has 5 nitrogen and oxygen atoms in total. The molecule has 0 radical (unpaired) electrons. The number of rotatable bonds is 6. The van der Waals surface area contributed by atoms with Gasteiger partial charge in [-0.15, -0.1) is 0 Å². The molecule has 0 aliphatic carbocycles. The average molecular weight is 351 g/mol. The van der Waals surface area contributed by atoms with E-state index in [4.69, 9.17) is 4.74 Å². The van der Waals surface area contributed by atoms with Crippen LogP contribution in [0.25, 0.3) is 0 Å². The van der Waals surface area contributed by atoms with Gasteiger partial charge in [0.1, 0.15) is 0 Å². The van der Waals surface area contributed by atoms with E-state index in [1.807, 2.05) is 36.4 Å². The molecule has 2 aromatic rings. The molecular formula is C21H21NO4. The van der Waals surface area contributed by atoms with Crippen molar-refractivity contribution in [2.75, 3.05) is 11.4 Å². The topological polar surface area (TPSA) is 63.7 Å². The Hall–Kier alpha value is -2.95. The first kappa shape index (κ1) is 17.9. The van der Waals surface area contributed by atoms with Gasteiger partial charge in [-0.05, 0) is 18.6 Å². The van der Waals surface area contributed by atoms with Crippen LogP contribution in [-0.4, -0.2) is 30.3 Å². The third kappa shape index (κ3) is 3.82. The van der Waals surface area contributed by atoms with E-state index in [-0.39, 0.29) is 24.7 Å².